The third kappa shape index (κ3) is 13.0. The van der Waals surface area contributed by atoms with Crippen LogP contribution in [0.25, 0.3) is 45.0 Å². The molecule has 6 aromatic carbocycles. The predicted octanol–water partition coefficient (Wildman–Crippen LogP) is 13.6. The smallest absolute Gasteiger partial charge is 0.159 e. The molecular weight excluding hydrogens is 700 g/mol. The Balaban J connectivity index is 0.000000145. The van der Waals surface area contributed by atoms with E-state index in [1.807, 2.05) is 106 Å². The summed E-state index contributed by atoms with van der Waals surface area (Å²) in [7, 11) is 0. The van der Waals surface area contributed by atoms with Gasteiger partial charge in [0.25, 0.3) is 0 Å². The van der Waals surface area contributed by atoms with Gasteiger partial charge in [0.2, 0.25) is 0 Å². The zero-order valence-electron chi connectivity index (χ0n) is 34.3. The summed E-state index contributed by atoms with van der Waals surface area (Å²) < 4.78 is 13.3. The normalized spacial score (nSPS) is 10.2. The highest BCUT2D eigenvalue weighted by Crippen LogP contribution is 2.23. The summed E-state index contributed by atoms with van der Waals surface area (Å²) in [6.45, 7) is 16.1. The maximum absolute atomic E-state index is 13.3. The van der Waals surface area contributed by atoms with E-state index in [1.54, 1.807) is 13.0 Å². The molecule has 0 amide bonds. The number of benzene rings is 6. The van der Waals surface area contributed by atoms with Crippen molar-refractivity contribution >= 4 is 0 Å². The summed E-state index contributed by atoms with van der Waals surface area (Å²) >= 11 is 0. The van der Waals surface area contributed by atoms with Crippen molar-refractivity contribution in [3.63, 3.8) is 0 Å². The summed E-state index contributed by atoms with van der Waals surface area (Å²) in [5.41, 5.74) is 15.9. The van der Waals surface area contributed by atoms with E-state index in [9.17, 15) is 4.39 Å². The maximum Gasteiger partial charge on any atom is 0.159 e. The third-order valence-electron chi connectivity index (χ3n) is 9.17. The minimum absolute atomic E-state index is 0.145. The van der Waals surface area contributed by atoms with E-state index in [1.165, 1.54) is 38.9 Å². The van der Waals surface area contributed by atoms with Gasteiger partial charge in [-0.1, -0.05) is 161 Å². The van der Waals surface area contributed by atoms with E-state index in [0.29, 0.717) is 5.56 Å². The number of hydrogen-bond acceptors (Lipinski definition) is 4. The molecule has 2 aromatic heterocycles. The van der Waals surface area contributed by atoms with E-state index in [-0.39, 0.29) is 5.82 Å². The number of nitrogens with zero attached hydrogens (tertiary/aromatic N) is 4. The molecule has 5 heteroatoms. The first kappa shape index (κ1) is 41.6. The van der Waals surface area contributed by atoms with Crippen molar-refractivity contribution in [2.75, 3.05) is 0 Å². The van der Waals surface area contributed by atoms with Crippen molar-refractivity contribution < 1.29 is 4.39 Å². The van der Waals surface area contributed by atoms with Gasteiger partial charge in [0.1, 0.15) is 5.82 Å². The molecule has 0 saturated heterocycles. The van der Waals surface area contributed by atoms with Crippen molar-refractivity contribution in [3.8, 4) is 45.0 Å². The van der Waals surface area contributed by atoms with Gasteiger partial charge in [-0.25, -0.2) is 24.3 Å². The molecule has 0 aliphatic carbocycles. The molecule has 8 aromatic rings. The van der Waals surface area contributed by atoms with Gasteiger partial charge >= 0.3 is 0 Å². The Morgan fingerprint density at radius 2 is 0.526 bits per heavy atom. The molecule has 286 valence electrons. The average Bonchev–Trinajstić information content (AvgIpc) is 3.22. The molecule has 0 aliphatic heterocycles. The molecule has 0 bridgehead atoms. The molecular formula is C52H51FN4. The minimum atomic E-state index is -0.145. The lowest BCUT2D eigenvalue weighted by molar-refractivity contribution is 0.619. The predicted molar refractivity (Wildman–Crippen MR) is 237 cm³/mol. The number of halogens is 1. The van der Waals surface area contributed by atoms with Gasteiger partial charge in [-0.05, 0) is 100 Å². The topological polar surface area (TPSA) is 51.6 Å². The van der Waals surface area contributed by atoms with Crippen LogP contribution in [-0.4, -0.2) is 19.9 Å². The Bertz CT molecular complexity index is 2080. The van der Waals surface area contributed by atoms with E-state index >= 15 is 0 Å². The van der Waals surface area contributed by atoms with Crippen molar-refractivity contribution in [3.05, 3.63) is 215 Å². The van der Waals surface area contributed by atoms with Gasteiger partial charge in [0.05, 0.1) is 0 Å². The zero-order valence-corrected chi connectivity index (χ0v) is 34.3. The Kier molecular flexibility index (Phi) is 14.9. The van der Waals surface area contributed by atoms with Crippen LogP contribution >= 0.6 is 0 Å². The van der Waals surface area contributed by atoms with Crippen molar-refractivity contribution in [2.45, 2.75) is 55.4 Å². The fraction of sp³-hybridized carbons (Fsp3) is 0.154. The molecule has 57 heavy (non-hydrogen) atoms. The maximum atomic E-state index is 13.3. The van der Waals surface area contributed by atoms with Gasteiger partial charge in [-0.3, -0.25) is 0 Å². The van der Waals surface area contributed by atoms with Gasteiger partial charge in [0, 0.05) is 35.9 Å². The Labute approximate surface area is 338 Å². The first-order chi connectivity index (χ1) is 27.4. The average molecular weight is 751 g/mol. The molecule has 0 aliphatic rings. The summed E-state index contributed by atoms with van der Waals surface area (Å²) in [4.78, 5) is 17.1. The SMILES string of the molecule is Cc1ccc(-c2ccc(C)c(F)c2)cc1.Cc1ccc(-c2ccc(C)cc2)cc1.Cc1ccc(-c2ncc(C)cn2)cc1.Cc1ccc(-c2ncc(C)cn2)cc1. The molecule has 0 N–H and O–H groups in total. The molecule has 4 nitrogen and oxygen atoms in total. The van der Waals surface area contributed by atoms with Crippen molar-refractivity contribution in [2.24, 2.45) is 0 Å². The molecule has 0 atom stereocenters. The summed E-state index contributed by atoms with van der Waals surface area (Å²) in [6, 6.07) is 47.1. The molecule has 0 radical (unpaired) electrons. The van der Waals surface area contributed by atoms with Gasteiger partial charge in [0.15, 0.2) is 11.6 Å². The van der Waals surface area contributed by atoms with E-state index in [2.05, 4.69) is 120 Å². The number of hydrogen-bond donors (Lipinski definition) is 0. The summed E-state index contributed by atoms with van der Waals surface area (Å²) in [5, 5.41) is 0. The molecule has 0 spiro atoms. The van der Waals surface area contributed by atoms with Crippen LogP contribution in [0, 0.1) is 61.2 Å². The van der Waals surface area contributed by atoms with E-state index < -0.39 is 0 Å². The Morgan fingerprint density at radius 3 is 0.807 bits per heavy atom. The van der Waals surface area contributed by atoms with Crippen molar-refractivity contribution in [1.29, 1.82) is 0 Å². The first-order valence-electron chi connectivity index (χ1n) is 19.1. The lowest BCUT2D eigenvalue weighted by Gasteiger charge is -2.03. The lowest BCUT2D eigenvalue weighted by atomic mass is 10.0. The molecule has 0 saturated carbocycles. The van der Waals surface area contributed by atoms with Gasteiger partial charge in [-0.2, -0.15) is 0 Å². The highest BCUT2D eigenvalue weighted by molar-refractivity contribution is 5.65. The Morgan fingerprint density at radius 1 is 0.281 bits per heavy atom. The van der Waals surface area contributed by atoms with E-state index in [4.69, 9.17) is 0 Å². The zero-order chi connectivity index (χ0) is 40.7. The van der Waals surface area contributed by atoms with Crippen LogP contribution in [0.4, 0.5) is 4.39 Å². The quantitative estimate of drug-likeness (QED) is 0.180. The highest BCUT2D eigenvalue weighted by Gasteiger charge is 2.02. The van der Waals surface area contributed by atoms with Crippen LogP contribution in [0.3, 0.4) is 0 Å². The molecule has 0 unspecified atom stereocenters. The molecule has 0 fully saturated rings. The Hall–Kier alpha value is -6.59. The largest absolute Gasteiger partial charge is 0.236 e. The lowest BCUT2D eigenvalue weighted by Crippen LogP contribution is -1.88. The van der Waals surface area contributed by atoms with Crippen LogP contribution in [-0.2, 0) is 0 Å². The van der Waals surface area contributed by atoms with Crippen LogP contribution in [0.15, 0.2) is 164 Å². The fourth-order valence-corrected chi connectivity index (χ4v) is 5.50. The van der Waals surface area contributed by atoms with Gasteiger partial charge in [-0.15, -0.1) is 0 Å². The van der Waals surface area contributed by atoms with Gasteiger partial charge < -0.3 is 0 Å². The van der Waals surface area contributed by atoms with Crippen LogP contribution in [0.1, 0.15) is 44.5 Å². The standard InChI is InChI=1S/C14H13F.C14H14.2C12H12N2/c1-10-3-6-12(7-4-10)13-8-5-11(2)14(15)9-13;1-11-3-7-13(8-4-11)14-9-5-12(2)6-10-14;2*1-9-3-5-11(6-4-9)12-13-7-10(2)8-14-12/h3-9H,1-2H3;3-10H,1-2H3;2*3-8H,1-2H3. The number of aryl methyl sites for hydroxylation is 8. The monoisotopic (exact) mass is 750 g/mol. The molecule has 2 heterocycles. The summed E-state index contributed by atoms with van der Waals surface area (Å²) in [6.07, 6.45) is 7.34. The highest BCUT2D eigenvalue weighted by atomic mass is 19.1. The number of rotatable bonds is 4. The minimum Gasteiger partial charge on any atom is -0.236 e. The first-order valence-corrected chi connectivity index (χ1v) is 19.1. The van der Waals surface area contributed by atoms with E-state index in [0.717, 1.165) is 45.0 Å². The van der Waals surface area contributed by atoms with Crippen molar-refractivity contribution in [1.82, 2.24) is 19.9 Å². The molecule has 8 rings (SSSR count). The van der Waals surface area contributed by atoms with Crippen LogP contribution < -0.4 is 0 Å². The fourth-order valence-electron chi connectivity index (χ4n) is 5.50. The third-order valence-corrected chi connectivity index (χ3v) is 9.17. The van der Waals surface area contributed by atoms with Crippen LogP contribution in [0.5, 0.6) is 0 Å². The second kappa shape index (κ2) is 20.4. The number of aromatic nitrogens is 4. The second-order valence-corrected chi connectivity index (χ2v) is 14.5. The summed E-state index contributed by atoms with van der Waals surface area (Å²) in [5.74, 6) is 1.43. The second-order valence-electron chi connectivity index (χ2n) is 14.5. The van der Waals surface area contributed by atoms with Crippen LogP contribution in [0.2, 0.25) is 0 Å².